The Labute approximate surface area is 125 Å². The Morgan fingerprint density at radius 2 is 2.11 bits per heavy atom. The van der Waals surface area contributed by atoms with Crippen LogP contribution in [-0.4, -0.2) is 16.1 Å². The molecule has 3 nitrogen and oxygen atoms in total. The molecule has 0 amide bonds. The van der Waals surface area contributed by atoms with Crippen LogP contribution in [0.15, 0.2) is 18.3 Å². The highest BCUT2D eigenvalue weighted by Crippen LogP contribution is 2.26. The SMILES string of the molecule is C[C@H](NC(=S)Nc1ccc(Cl)cn1)C1CCCCC1. The van der Waals surface area contributed by atoms with Crippen molar-refractivity contribution in [3.63, 3.8) is 0 Å². The van der Waals surface area contributed by atoms with E-state index in [1.165, 1.54) is 32.1 Å². The van der Waals surface area contributed by atoms with Gasteiger partial charge < -0.3 is 10.6 Å². The summed E-state index contributed by atoms with van der Waals surface area (Å²) in [4.78, 5) is 4.17. The molecule has 1 heterocycles. The Hall–Kier alpha value is -0.870. The molecule has 0 saturated heterocycles. The summed E-state index contributed by atoms with van der Waals surface area (Å²) in [7, 11) is 0. The van der Waals surface area contributed by atoms with Gasteiger partial charge >= 0.3 is 0 Å². The van der Waals surface area contributed by atoms with Gasteiger partial charge in [0.15, 0.2) is 5.11 Å². The highest BCUT2D eigenvalue weighted by molar-refractivity contribution is 7.80. The van der Waals surface area contributed by atoms with Crippen LogP contribution in [0.5, 0.6) is 0 Å². The number of thiocarbonyl (C=S) groups is 1. The summed E-state index contributed by atoms with van der Waals surface area (Å²) >= 11 is 11.1. The van der Waals surface area contributed by atoms with Gasteiger partial charge in [0.05, 0.1) is 5.02 Å². The number of hydrogen-bond acceptors (Lipinski definition) is 2. The summed E-state index contributed by atoms with van der Waals surface area (Å²) in [5.41, 5.74) is 0. The lowest BCUT2D eigenvalue weighted by Gasteiger charge is -2.29. The third kappa shape index (κ3) is 4.62. The van der Waals surface area contributed by atoms with E-state index in [9.17, 15) is 0 Å². The fourth-order valence-electron chi connectivity index (χ4n) is 2.56. The van der Waals surface area contributed by atoms with Crippen molar-refractivity contribution in [2.45, 2.75) is 45.1 Å². The van der Waals surface area contributed by atoms with E-state index in [1.54, 1.807) is 12.3 Å². The Bertz CT molecular complexity index is 415. The van der Waals surface area contributed by atoms with Gasteiger partial charge in [0.1, 0.15) is 5.82 Å². The van der Waals surface area contributed by atoms with Crippen LogP contribution in [0, 0.1) is 5.92 Å². The molecule has 0 spiro atoms. The summed E-state index contributed by atoms with van der Waals surface area (Å²) in [6, 6.07) is 4.03. The van der Waals surface area contributed by atoms with Gasteiger partial charge in [0, 0.05) is 12.2 Å². The Morgan fingerprint density at radius 1 is 1.37 bits per heavy atom. The van der Waals surface area contributed by atoms with Crippen LogP contribution >= 0.6 is 23.8 Å². The largest absolute Gasteiger partial charge is 0.360 e. The average molecular weight is 298 g/mol. The fraction of sp³-hybridized carbons (Fsp3) is 0.571. The zero-order valence-corrected chi connectivity index (χ0v) is 12.7. The molecule has 0 radical (unpaired) electrons. The lowest BCUT2D eigenvalue weighted by atomic mass is 9.85. The van der Waals surface area contributed by atoms with Gasteiger partial charge in [-0.25, -0.2) is 4.98 Å². The van der Waals surface area contributed by atoms with Crippen molar-refractivity contribution in [3.8, 4) is 0 Å². The van der Waals surface area contributed by atoms with E-state index in [0.29, 0.717) is 16.2 Å². The molecule has 19 heavy (non-hydrogen) atoms. The van der Waals surface area contributed by atoms with Crippen molar-refractivity contribution < 1.29 is 0 Å². The number of hydrogen-bond donors (Lipinski definition) is 2. The zero-order valence-electron chi connectivity index (χ0n) is 11.2. The molecule has 0 unspecified atom stereocenters. The van der Waals surface area contributed by atoms with Gasteiger partial charge in [-0.3, -0.25) is 0 Å². The first-order chi connectivity index (χ1) is 9.15. The highest BCUT2D eigenvalue weighted by atomic mass is 35.5. The van der Waals surface area contributed by atoms with Gasteiger partial charge in [-0.05, 0) is 50.0 Å². The van der Waals surface area contributed by atoms with Crippen molar-refractivity contribution in [1.82, 2.24) is 10.3 Å². The van der Waals surface area contributed by atoms with Crippen LogP contribution in [-0.2, 0) is 0 Å². The molecule has 0 aliphatic heterocycles. The topological polar surface area (TPSA) is 37.0 Å². The minimum atomic E-state index is 0.410. The summed E-state index contributed by atoms with van der Waals surface area (Å²) < 4.78 is 0. The van der Waals surface area contributed by atoms with E-state index in [4.69, 9.17) is 23.8 Å². The second-order valence-corrected chi connectivity index (χ2v) is 5.99. The third-order valence-corrected chi connectivity index (χ3v) is 4.13. The summed E-state index contributed by atoms with van der Waals surface area (Å²) in [6.07, 6.45) is 8.27. The maximum atomic E-state index is 5.80. The van der Waals surface area contributed by atoms with Crippen LogP contribution in [0.2, 0.25) is 5.02 Å². The molecule has 1 aromatic heterocycles. The Balaban J connectivity index is 1.81. The first-order valence-corrected chi connectivity index (χ1v) is 7.63. The number of rotatable bonds is 3. The third-order valence-electron chi connectivity index (χ3n) is 3.68. The minimum Gasteiger partial charge on any atom is -0.360 e. The molecule has 0 bridgehead atoms. The molecule has 2 N–H and O–H groups in total. The summed E-state index contributed by atoms with van der Waals surface area (Å²) in [5.74, 6) is 1.45. The molecule has 1 aliphatic carbocycles. The Morgan fingerprint density at radius 3 is 2.74 bits per heavy atom. The van der Waals surface area contributed by atoms with Gasteiger partial charge in [-0.1, -0.05) is 30.9 Å². The van der Waals surface area contributed by atoms with Crippen molar-refractivity contribution >= 4 is 34.7 Å². The van der Waals surface area contributed by atoms with E-state index >= 15 is 0 Å². The molecule has 2 rings (SSSR count). The predicted molar refractivity (Wildman–Crippen MR) is 84.6 cm³/mol. The van der Waals surface area contributed by atoms with Gasteiger partial charge in [-0.15, -0.1) is 0 Å². The normalized spacial score (nSPS) is 17.8. The molecule has 1 aliphatic rings. The number of pyridine rings is 1. The first-order valence-electron chi connectivity index (χ1n) is 6.84. The molecular weight excluding hydrogens is 278 g/mol. The van der Waals surface area contributed by atoms with Crippen LogP contribution in [0.3, 0.4) is 0 Å². The van der Waals surface area contributed by atoms with Crippen LogP contribution in [0.4, 0.5) is 5.82 Å². The molecule has 0 aromatic carbocycles. The predicted octanol–water partition coefficient (Wildman–Crippen LogP) is 3.99. The lowest BCUT2D eigenvalue weighted by Crippen LogP contribution is -2.41. The van der Waals surface area contributed by atoms with Crippen molar-refractivity contribution in [1.29, 1.82) is 0 Å². The minimum absolute atomic E-state index is 0.410. The van der Waals surface area contributed by atoms with E-state index in [1.807, 2.05) is 6.07 Å². The summed E-state index contributed by atoms with van der Waals surface area (Å²) in [6.45, 7) is 2.21. The second-order valence-electron chi connectivity index (χ2n) is 5.15. The Kier molecular flexibility index (Phi) is 5.40. The molecule has 1 atom stereocenters. The summed E-state index contributed by atoms with van der Waals surface area (Å²) in [5, 5.41) is 7.71. The molecule has 1 aromatic rings. The van der Waals surface area contributed by atoms with E-state index in [-0.39, 0.29) is 0 Å². The van der Waals surface area contributed by atoms with Crippen molar-refractivity contribution in [3.05, 3.63) is 23.4 Å². The molecular formula is C14H20ClN3S. The van der Waals surface area contributed by atoms with Crippen LogP contribution in [0.25, 0.3) is 0 Å². The maximum absolute atomic E-state index is 5.80. The molecule has 104 valence electrons. The molecule has 5 heteroatoms. The number of nitrogens with one attached hydrogen (secondary N) is 2. The number of aromatic nitrogens is 1. The number of anilines is 1. The number of halogens is 1. The van der Waals surface area contributed by atoms with Gasteiger partial charge in [0.25, 0.3) is 0 Å². The molecule has 1 fully saturated rings. The van der Waals surface area contributed by atoms with Crippen LogP contribution in [0.1, 0.15) is 39.0 Å². The first kappa shape index (κ1) is 14.5. The van der Waals surface area contributed by atoms with E-state index in [0.717, 1.165) is 11.7 Å². The smallest absolute Gasteiger partial charge is 0.172 e. The standard InChI is InChI=1S/C14H20ClN3S/c1-10(11-5-3-2-4-6-11)17-14(19)18-13-8-7-12(15)9-16-13/h7-11H,2-6H2,1H3,(H2,16,17,18,19)/t10-/m0/s1. The maximum Gasteiger partial charge on any atom is 0.172 e. The quantitative estimate of drug-likeness (QED) is 0.827. The fourth-order valence-corrected chi connectivity index (χ4v) is 2.96. The number of nitrogens with zero attached hydrogens (tertiary/aromatic N) is 1. The average Bonchev–Trinajstić information content (AvgIpc) is 2.42. The van der Waals surface area contributed by atoms with Gasteiger partial charge in [-0.2, -0.15) is 0 Å². The van der Waals surface area contributed by atoms with Crippen molar-refractivity contribution in [2.24, 2.45) is 5.92 Å². The van der Waals surface area contributed by atoms with E-state index < -0.39 is 0 Å². The van der Waals surface area contributed by atoms with Gasteiger partial charge in [0.2, 0.25) is 0 Å². The lowest BCUT2D eigenvalue weighted by molar-refractivity contribution is 0.302. The van der Waals surface area contributed by atoms with E-state index in [2.05, 4.69) is 22.5 Å². The van der Waals surface area contributed by atoms with Crippen LogP contribution < -0.4 is 10.6 Å². The highest BCUT2D eigenvalue weighted by Gasteiger charge is 2.20. The van der Waals surface area contributed by atoms with Crippen molar-refractivity contribution in [2.75, 3.05) is 5.32 Å². The molecule has 1 saturated carbocycles. The second kappa shape index (κ2) is 7.06. The zero-order chi connectivity index (χ0) is 13.7. The monoisotopic (exact) mass is 297 g/mol.